The number of phenolic OH excluding ortho intramolecular Hbond substituents is 1. The van der Waals surface area contributed by atoms with E-state index < -0.39 is 6.10 Å². The predicted molar refractivity (Wildman–Crippen MR) is 101 cm³/mol. The number of hydrogen-bond donors (Lipinski definition) is 2. The van der Waals surface area contributed by atoms with Crippen molar-refractivity contribution in [3.8, 4) is 11.5 Å². The van der Waals surface area contributed by atoms with Crippen molar-refractivity contribution in [3.63, 3.8) is 0 Å². The van der Waals surface area contributed by atoms with Gasteiger partial charge in [-0.1, -0.05) is 26.3 Å². The highest BCUT2D eigenvalue weighted by Crippen LogP contribution is 2.61. The Morgan fingerprint density at radius 1 is 1.35 bits per heavy atom. The number of hydrogen-bond acceptors (Lipinski definition) is 4. The van der Waals surface area contributed by atoms with Gasteiger partial charge in [-0.3, -0.25) is 4.90 Å². The third-order valence-corrected chi connectivity index (χ3v) is 8.03. The molecule has 5 atom stereocenters. The van der Waals surface area contributed by atoms with E-state index in [1.807, 2.05) is 6.92 Å². The molecule has 0 aromatic heterocycles. The molecule has 4 heteroatoms. The zero-order valence-corrected chi connectivity index (χ0v) is 15.9. The topological polar surface area (TPSA) is 52.9 Å². The van der Waals surface area contributed by atoms with Crippen molar-refractivity contribution in [2.45, 2.75) is 76.0 Å². The van der Waals surface area contributed by atoms with E-state index in [1.54, 1.807) is 6.07 Å². The Labute approximate surface area is 156 Å². The van der Waals surface area contributed by atoms with Gasteiger partial charge in [-0.15, -0.1) is 0 Å². The van der Waals surface area contributed by atoms with Crippen LogP contribution in [-0.2, 0) is 11.8 Å². The quantitative estimate of drug-likeness (QED) is 0.869. The summed E-state index contributed by atoms with van der Waals surface area (Å²) in [6, 6.07) is 4.39. The van der Waals surface area contributed by atoms with E-state index in [1.165, 1.54) is 36.9 Å². The molecule has 2 aliphatic carbocycles. The summed E-state index contributed by atoms with van der Waals surface area (Å²) in [4.78, 5) is 2.73. The van der Waals surface area contributed by atoms with Crippen LogP contribution in [0, 0.1) is 11.8 Å². The first kappa shape index (κ1) is 16.9. The molecule has 1 saturated heterocycles. The van der Waals surface area contributed by atoms with Gasteiger partial charge in [-0.25, -0.2) is 0 Å². The lowest BCUT2D eigenvalue weighted by Gasteiger charge is -2.56. The van der Waals surface area contributed by atoms with Gasteiger partial charge in [-0.05, 0) is 62.1 Å². The summed E-state index contributed by atoms with van der Waals surface area (Å²) in [5.41, 5.74) is 2.38. The third kappa shape index (κ3) is 2.09. The molecule has 26 heavy (non-hydrogen) atoms. The molecule has 5 rings (SSSR count). The van der Waals surface area contributed by atoms with Gasteiger partial charge in [0, 0.05) is 23.6 Å². The van der Waals surface area contributed by atoms with Gasteiger partial charge < -0.3 is 14.9 Å². The van der Waals surface area contributed by atoms with Crippen molar-refractivity contribution in [1.82, 2.24) is 4.90 Å². The Kier molecular flexibility index (Phi) is 3.81. The Morgan fingerprint density at radius 2 is 2.15 bits per heavy atom. The molecule has 4 nitrogen and oxygen atoms in total. The second-order valence-corrected chi connectivity index (χ2v) is 9.10. The summed E-state index contributed by atoms with van der Waals surface area (Å²) in [5, 5.41) is 21.2. The maximum absolute atomic E-state index is 10.8. The van der Waals surface area contributed by atoms with Crippen molar-refractivity contribution in [2.75, 3.05) is 13.1 Å². The largest absolute Gasteiger partial charge is 0.504 e. The molecule has 2 heterocycles. The number of aromatic hydroxyl groups is 1. The van der Waals surface area contributed by atoms with Crippen molar-refractivity contribution in [1.29, 1.82) is 0 Å². The molecule has 0 radical (unpaired) electrons. The molecule has 2 aliphatic heterocycles. The van der Waals surface area contributed by atoms with E-state index in [9.17, 15) is 10.2 Å². The van der Waals surface area contributed by atoms with E-state index in [0.717, 1.165) is 25.3 Å². The van der Waals surface area contributed by atoms with Gasteiger partial charge in [0.1, 0.15) is 6.10 Å². The summed E-state index contributed by atoms with van der Waals surface area (Å²) in [7, 11) is 0. The highest BCUT2D eigenvalue weighted by molar-refractivity contribution is 5.60. The van der Waals surface area contributed by atoms with Gasteiger partial charge >= 0.3 is 0 Å². The summed E-state index contributed by atoms with van der Waals surface area (Å²) in [6.07, 6.45) is 6.17. The van der Waals surface area contributed by atoms with Crippen molar-refractivity contribution < 1.29 is 14.9 Å². The van der Waals surface area contributed by atoms with E-state index in [4.69, 9.17) is 4.74 Å². The molecular weight excluding hydrogens is 326 g/mol. The van der Waals surface area contributed by atoms with Crippen LogP contribution in [-0.4, -0.2) is 46.5 Å². The van der Waals surface area contributed by atoms with E-state index >= 15 is 0 Å². The average molecular weight is 357 g/mol. The normalized spacial score (nSPS) is 37.0. The molecule has 1 aromatic carbocycles. The minimum Gasteiger partial charge on any atom is -0.504 e. The van der Waals surface area contributed by atoms with Crippen molar-refractivity contribution in [2.24, 2.45) is 11.8 Å². The zero-order valence-electron chi connectivity index (χ0n) is 15.9. The minimum atomic E-state index is -0.492. The number of rotatable bonds is 4. The Balaban J connectivity index is 1.58. The molecule has 142 valence electrons. The van der Waals surface area contributed by atoms with Crippen LogP contribution in [0.25, 0.3) is 0 Å². The molecule has 2 fully saturated rings. The smallest absolute Gasteiger partial charge is 0.165 e. The first-order valence-electron chi connectivity index (χ1n) is 10.5. The lowest BCUT2D eigenvalue weighted by molar-refractivity contribution is -0.0694. The number of phenols is 1. The fourth-order valence-corrected chi connectivity index (χ4v) is 6.32. The van der Waals surface area contributed by atoms with Gasteiger partial charge in [0.2, 0.25) is 0 Å². The van der Waals surface area contributed by atoms with Crippen LogP contribution in [0.15, 0.2) is 12.1 Å². The first-order chi connectivity index (χ1) is 12.6. The van der Waals surface area contributed by atoms with Gasteiger partial charge in [0.25, 0.3) is 0 Å². The van der Waals surface area contributed by atoms with Crippen LogP contribution in [0.5, 0.6) is 11.5 Å². The number of aliphatic hydroxyl groups is 1. The number of nitrogens with zero attached hydrogens (tertiary/aromatic N) is 1. The summed E-state index contributed by atoms with van der Waals surface area (Å²) < 4.78 is 6.29. The molecule has 1 spiro atoms. The Hall–Kier alpha value is -1.26. The van der Waals surface area contributed by atoms with E-state index in [2.05, 4.69) is 17.9 Å². The molecule has 4 aliphatic rings. The van der Waals surface area contributed by atoms with Gasteiger partial charge in [0.15, 0.2) is 11.5 Å². The maximum atomic E-state index is 10.8. The fourth-order valence-electron chi connectivity index (χ4n) is 6.32. The molecular formula is C22H31NO3. The highest BCUT2D eigenvalue weighted by atomic mass is 16.5. The summed E-state index contributed by atoms with van der Waals surface area (Å²) in [5.74, 6) is 2.19. The van der Waals surface area contributed by atoms with Crippen molar-refractivity contribution >= 4 is 0 Å². The number of aliphatic hydroxyl groups excluding tert-OH is 1. The second kappa shape index (κ2) is 5.87. The Morgan fingerprint density at radius 3 is 2.85 bits per heavy atom. The predicted octanol–water partition coefficient (Wildman–Crippen LogP) is 3.23. The minimum absolute atomic E-state index is 0.155. The van der Waals surface area contributed by atoms with E-state index in [0.29, 0.717) is 24.1 Å². The first-order valence-corrected chi connectivity index (χ1v) is 10.5. The standard InChI is InChI=1S/C22H31NO3/c1-3-17(24)21-22-9-10-23(12-14-5-4-6-14)16(13(22)2)11-15-7-8-18(25)20(26-21)19(15)22/h7-8,13-14,16-17,21,24-25H,3-6,9-12H2,1-2H3/t13-,16+,17-,21-,22-/m0/s1. The molecule has 2 N–H and O–H groups in total. The summed E-state index contributed by atoms with van der Waals surface area (Å²) in [6.45, 7) is 6.69. The number of benzene rings is 1. The lowest BCUT2D eigenvalue weighted by Crippen LogP contribution is -2.64. The number of ether oxygens (including phenoxy) is 1. The maximum Gasteiger partial charge on any atom is 0.165 e. The average Bonchev–Trinajstić information content (AvgIpc) is 2.94. The monoisotopic (exact) mass is 357 g/mol. The summed E-state index contributed by atoms with van der Waals surface area (Å²) >= 11 is 0. The van der Waals surface area contributed by atoms with Crippen LogP contribution >= 0.6 is 0 Å². The van der Waals surface area contributed by atoms with Crippen LogP contribution in [0.4, 0.5) is 0 Å². The fraction of sp³-hybridized carbons (Fsp3) is 0.727. The van der Waals surface area contributed by atoms with Crippen molar-refractivity contribution in [3.05, 3.63) is 23.3 Å². The van der Waals surface area contributed by atoms with Gasteiger partial charge in [0.05, 0.1) is 6.10 Å². The lowest BCUT2D eigenvalue weighted by atomic mass is 9.55. The Bertz CT molecular complexity index is 716. The molecule has 1 saturated carbocycles. The third-order valence-electron chi connectivity index (χ3n) is 8.03. The zero-order chi connectivity index (χ0) is 18.1. The van der Waals surface area contributed by atoms with Crippen LogP contribution < -0.4 is 4.74 Å². The van der Waals surface area contributed by atoms with Crippen LogP contribution in [0.1, 0.15) is 57.1 Å². The number of fused-ring (bicyclic) bond motifs is 1. The second-order valence-electron chi connectivity index (χ2n) is 9.10. The van der Waals surface area contributed by atoms with Gasteiger partial charge in [-0.2, -0.15) is 0 Å². The molecule has 0 unspecified atom stereocenters. The molecule has 0 amide bonds. The van der Waals surface area contributed by atoms with Crippen LogP contribution in [0.2, 0.25) is 0 Å². The van der Waals surface area contributed by atoms with Crippen LogP contribution in [0.3, 0.4) is 0 Å². The number of piperidine rings is 1. The highest BCUT2D eigenvalue weighted by Gasteiger charge is 2.62. The van der Waals surface area contributed by atoms with E-state index in [-0.39, 0.29) is 17.3 Å². The molecule has 2 bridgehead atoms. The SMILES string of the molecule is CC[C@H](O)[C@@H]1Oc2c(O)ccc3c2[C@@]12CCN(CC1CCC1)[C@H](C3)[C@@H]2C. The molecule has 1 aromatic rings. The number of likely N-dealkylation sites (tertiary alicyclic amines) is 1.